The quantitative estimate of drug-likeness (QED) is 0.477. The first kappa shape index (κ1) is 20.3. The Morgan fingerprint density at radius 1 is 1.20 bits per heavy atom. The zero-order valence-electron chi connectivity index (χ0n) is 15.3. The fraction of sp³-hybridized carbons (Fsp3) is 0.200. The second-order valence-electron chi connectivity index (χ2n) is 6.91. The van der Waals surface area contributed by atoms with Gasteiger partial charge in [-0.2, -0.15) is 18.3 Å². The number of fused-ring (bicyclic) bond motifs is 1. The van der Waals surface area contributed by atoms with Crippen molar-refractivity contribution < 1.29 is 23.1 Å². The van der Waals surface area contributed by atoms with Gasteiger partial charge in [-0.25, -0.2) is 4.68 Å². The third-order valence-corrected chi connectivity index (χ3v) is 5.33. The van der Waals surface area contributed by atoms with Gasteiger partial charge < -0.3 is 15.7 Å². The molecule has 10 heteroatoms. The van der Waals surface area contributed by atoms with Gasteiger partial charge in [0.25, 0.3) is 5.91 Å². The summed E-state index contributed by atoms with van der Waals surface area (Å²) in [6.07, 6.45) is -4.79. The molecule has 1 amide bonds. The molecule has 4 rings (SSSR count). The summed E-state index contributed by atoms with van der Waals surface area (Å²) in [6, 6.07) is 11.7. The molecule has 30 heavy (non-hydrogen) atoms. The molecule has 6 nitrogen and oxygen atoms in total. The number of aromatic nitrogens is 2. The van der Waals surface area contributed by atoms with Crippen LogP contribution in [0.5, 0.6) is 5.75 Å². The van der Waals surface area contributed by atoms with Crippen molar-refractivity contribution in [3.05, 3.63) is 70.3 Å². The van der Waals surface area contributed by atoms with E-state index in [4.69, 9.17) is 0 Å². The lowest BCUT2D eigenvalue weighted by molar-refractivity contribution is -0.173. The first-order valence-corrected chi connectivity index (χ1v) is 9.78. The van der Waals surface area contributed by atoms with Crippen molar-refractivity contribution in [1.82, 2.24) is 9.78 Å². The molecule has 0 spiro atoms. The van der Waals surface area contributed by atoms with E-state index in [0.717, 1.165) is 9.15 Å². The maximum atomic E-state index is 13.8. The smallest absolute Gasteiger partial charge is 0.410 e. The third-order valence-electron chi connectivity index (χ3n) is 4.80. The van der Waals surface area contributed by atoms with E-state index in [0.29, 0.717) is 11.3 Å². The average molecular weight is 481 g/mol. The van der Waals surface area contributed by atoms with Gasteiger partial charge in [0.15, 0.2) is 11.7 Å². The Labute approximate surface area is 177 Å². The predicted molar refractivity (Wildman–Crippen MR) is 109 cm³/mol. The van der Waals surface area contributed by atoms with Gasteiger partial charge in [-0.1, -0.05) is 34.1 Å². The zero-order valence-corrected chi connectivity index (χ0v) is 16.9. The van der Waals surface area contributed by atoms with E-state index >= 15 is 0 Å². The fourth-order valence-electron chi connectivity index (χ4n) is 3.38. The number of hydrogen-bond donors (Lipinski definition) is 3. The van der Waals surface area contributed by atoms with Crippen molar-refractivity contribution >= 4 is 33.3 Å². The zero-order chi connectivity index (χ0) is 21.5. The van der Waals surface area contributed by atoms with Crippen LogP contribution < -0.4 is 10.6 Å². The van der Waals surface area contributed by atoms with E-state index < -0.39 is 24.2 Å². The minimum atomic E-state index is -4.53. The lowest BCUT2D eigenvalue weighted by Gasteiger charge is -2.33. The Hall–Kier alpha value is -3.01. The van der Waals surface area contributed by atoms with Crippen molar-refractivity contribution in [2.75, 3.05) is 10.6 Å². The second kappa shape index (κ2) is 7.67. The largest absolute Gasteiger partial charge is 0.508 e. The molecule has 1 aliphatic heterocycles. The van der Waals surface area contributed by atoms with Crippen LogP contribution in [0, 0.1) is 0 Å². The number of nitrogens with zero attached hydrogens (tertiary/aromatic N) is 2. The van der Waals surface area contributed by atoms with Crippen LogP contribution in [0.1, 0.15) is 34.6 Å². The van der Waals surface area contributed by atoms with Crippen molar-refractivity contribution in [3.63, 3.8) is 0 Å². The fourth-order valence-corrected chi connectivity index (χ4v) is 3.64. The van der Waals surface area contributed by atoms with Gasteiger partial charge in [-0.3, -0.25) is 4.79 Å². The summed E-state index contributed by atoms with van der Waals surface area (Å²) in [5.41, 5.74) is 0.844. The van der Waals surface area contributed by atoms with Gasteiger partial charge in [0, 0.05) is 28.7 Å². The van der Waals surface area contributed by atoms with Gasteiger partial charge >= 0.3 is 6.18 Å². The molecular formula is C20H16BrF3N4O2. The number of halogens is 4. The molecule has 156 valence electrons. The van der Waals surface area contributed by atoms with Gasteiger partial charge in [0.05, 0.1) is 6.04 Å². The second-order valence-corrected chi connectivity index (χ2v) is 7.82. The minimum Gasteiger partial charge on any atom is -0.508 e. The van der Waals surface area contributed by atoms with Gasteiger partial charge in [0.1, 0.15) is 11.6 Å². The van der Waals surface area contributed by atoms with Crippen LogP contribution in [0.15, 0.2) is 59.1 Å². The molecule has 1 aromatic heterocycles. The van der Waals surface area contributed by atoms with Crippen LogP contribution in [0.3, 0.4) is 0 Å². The van der Waals surface area contributed by atoms with Crippen LogP contribution in [-0.4, -0.2) is 27.0 Å². The number of phenols is 1. The van der Waals surface area contributed by atoms with E-state index in [1.807, 2.05) is 0 Å². The number of amides is 1. The molecule has 3 N–H and O–H groups in total. The van der Waals surface area contributed by atoms with Crippen LogP contribution in [0.2, 0.25) is 0 Å². The molecule has 2 heterocycles. The molecule has 0 bridgehead atoms. The van der Waals surface area contributed by atoms with Crippen molar-refractivity contribution in [2.24, 2.45) is 0 Å². The Kier molecular flexibility index (Phi) is 5.19. The lowest BCUT2D eigenvalue weighted by atomic mass is 9.97. The van der Waals surface area contributed by atoms with E-state index in [1.54, 1.807) is 30.3 Å². The van der Waals surface area contributed by atoms with E-state index in [9.17, 15) is 23.1 Å². The molecule has 2 atom stereocenters. The van der Waals surface area contributed by atoms with Crippen LogP contribution in [0.25, 0.3) is 0 Å². The molecule has 0 unspecified atom stereocenters. The lowest BCUT2D eigenvalue weighted by Crippen LogP contribution is -2.35. The van der Waals surface area contributed by atoms with E-state index in [1.165, 1.54) is 24.3 Å². The van der Waals surface area contributed by atoms with Gasteiger partial charge in [-0.05, 0) is 29.8 Å². The minimum absolute atomic E-state index is 0.0481. The van der Waals surface area contributed by atoms with Crippen LogP contribution in [0.4, 0.5) is 24.7 Å². The van der Waals surface area contributed by atoms with Gasteiger partial charge in [-0.15, -0.1) is 0 Å². The molecular weight excluding hydrogens is 465 g/mol. The standard InChI is InChI=1S/C20H16BrF3N4O2/c21-12-6-4-11(5-7-12)15-9-17(20(22,23)24)28-18(26-15)10-16(27-28)19(30)25-13-2-1-3-14(29)8-13/h1-8,10,15,17,26,29H,9H2,(H,25,30)/t15-,17+/m1/s1. The Morgan fingerprint density at radius 2 is 1.93 bits per heavy atom. The molecule has 3 aromatic rings. The van der Waals surface area contributed by atoms with E-state index in [2.05, 4.69) is 31.7 Å². The monoisotopic (exact) mass is 480 g/mol. The highest BCUT2D eigenvalue weighted by Gasteiger charge is 2.46. The molecule has 0 aliphatic carbocycles. The Bertz CT molecular complexity index is 1080. The summed E-state index contributed by atoms with van der Waals surface area (Å²) in [5, 5.41) is 19.0. The third kappa shape index (κ3) is 4.13. The summed E-state index contributed by atoms with van der Waals surface area (Å²) >= 11 is 3.32. The summed E-state index contributed by atoms with van der Waals surface area (Å²) in [7, 11) is 0. The normalized spacial score (nSPS) is 18.4. The van der Waals surface area contributed by atoms with Crippen molar-refractivity contribution in [3.8, 4) is 5.75 Å². The molecule has 0 saturated carbocycles. The highest BCUT2D eigenvalue weighted by atomic mass is 79.9. The maximum absolute atomic E-state index is 13.8. The van der Waals surface area contributed by atoms with Crippen LogP contribution in [-0.2, 0) is 0 Å². The number of alkyl halides is 3. The molecule has 0 fully saturated rings. The molecule has 0 saturated heterocycles. The predicted octanol–water partition coefficient (Wildman–Crippen LogP) is 5.26. The molecule has 1 aliphatic rings. The van der Waals surface area contributed by atoms with Crippen LogP contribution >= 0.6 is 15.9 Å². The first-order chi connectivity index (χ1) is 14.2. The molecule has 0 radical (unpaired) electrons. The number of nitrogens with one attached hydrogen (secondary N) is 2. The number of rotatable bonds is 3. The van der Waals surface area contributed by atoms with Crippen molar-refractivity contribution in [2.45, 2.75) is 24.7 Å². The first-order valence-electron chi connectivity index (χ1n) is 8.99. The average Bonchev–Trinajstić information content (AvgIpc) is 3.11. The number of carbonyl (C=O) groups is 1. The number of phenolic OH excluding ortho intramolecular Hbond substituents is 1. The number of benzene rings is 2. The SMILES string of the molecule is O=C(Nc1cccc(O)c1)c1cc2n(n1)[C@H](C(F)(F)F)C[C@H](c1ccc(Br)cc1)N2. The highest BCUT2D eigenvalue weighted by Crippen LogP contribution is 2.43. The summed E-state index contributed by atoms with van der Waals surface area (Å²) in [4.78, 5) is 12.5. The highest BCUT2D eigenvalue weighted by molar-refractivity contribution is 9.10. The number of carbonyl (C=O) groups excluding carboxylic acids is 1. The molecule has 2 aromatic carbocycles. The number of hydrogen-bond acceptors (Lipinski definition) is 4. The summed E-state index contributed by atoms with van der Waals surface area (Å²) in [6.45, 7) is 0. The van der Waals surface area contributed by atoms with Gasteiger partial charge in [0.2, 0.25) is 0 Å². The summed E-state index contributed by atoms with van der Waals surface area (Å²) < 4.78 is 42.9. The number of anilines is 2. The summed E-state index contributed by atoms with van der Waals surface area (Å²) in [5.74, 6) is -0.615. The van der Waals surface area contributed by atoms with Crippen molar-refractivity contribution in [1.29, 1.82) is 0 Å². The van der Waals surface area contributed by atoms with E-state index in [-0.39, 0.29) is 23.7 Å². The Morgan fingerprint density at radius 3 is 2.60 bits per heavy atom. The maximum Gasteiger partial charge on any atom is 0.410 e. The number of aromatic hydroxyl groups is 1. The Balaban J connectivity index is 1.64. The topological polar surface area (TPSA) is 79.2 Å².